The summed E-state index contributed by atoms with van der Waals surface area (Å²) in [5, 5.41) is 12.9. The van der Waals surface area contributed by atoms with Crippen molar-refractivity contribution in [3.63, 3.8) is 0 Å². The Balaban J connectivity index is 1.69. The monoisotopic (exact) mass is 532 g/mol. The number of aromatic nitrogens is 2. The van der Waals surface area contributed by atoms with Gasteiger partial charge in [0.1, 0.15) is 23.1 Å². The lowest BCUT2D eigenvalue weighted by atomic mass is 9.94. The zero-order chi connectivity index (χ0) is 26.8. The molecule has 2 N–H and O–H groups in total. The third-order valence-electron chi connectivity index (χ3n) is 6.28. The lowest BCUT2D eigenvalue weighted by Gasteiger charge is -2.30. The third-order valence-corrected chi connectivity index (χ3v) is 7.84. The van der Waals surface area contributed by atoms with Gasteiger partial charge in [0.2, 0.25) is 0 Å². The number of hydrogen-bond donors (Lipinski definition) is 2. The Labute approximate surface area is 212 Å². The predicted octanol–water partition coefficient (Wildman–Crippen LogP) is 2.90. The van der Waals surface area contributed by atoms with E-state index in [2.05, 4.69) is 15.0 Å². The van der Waals surface area contributed by atoms with Gasteiger partial charge in [-0.2, -0.15) is 18.0 Å². The number of nitrogens with one attached hydrogen (secondary N) is 2. The van der Waals surface area contributed by atoms with E-state index in [-0.39, 0.29) is 48.3 Å². The van der Waals surface area contributed by atoms with Crippen molar-refractivity contribution in [2.24, 2.45) is 0 Å². The highest BCUT2D eigenvalue weighted by molar-refractivity contribution is 7.90. The molecule has 13 heteroatoms. The van der Waals surface area contributed by atoms with Crippen LogP contribution < -0.4 is 20.3 Å². The van der Waals surface area contributed by atoms with Crippen molar-refractivity contribution in [1.82, 2.24) is 19.2 Å². The second-order valence-corrected chi connectivity index (χ2v) is 10.6. The molecule has 2 heterocycles. The molecule has 0 bridgehead atoms. The molecule has 1 aliphatic rings. The number of alkyl halides is 1. The lowest BCUT2D eigenvalue weighted by Crippen LogP contribution is -2.43. The summed E-state index contributed by atoms with van der Waals surface area (Å²) in [5.74, 6) is -1.40. The number of nitriles is 1. The molecule has 3 aromatic rings. The van der Waals surface area contributed by atoms with E-state index >= 15 is 4.39 Å². The van der Waals surface area contributed by atoms with Gasteiger partial charge in [-0.15, -0.1) is 0 Å². The highest BCUT2D eigenvalue weighted by Crippen LogP contribution is 2.34. The first-order valence-corrected chi connectivity index (χ1v) is 13.0. The van der Waals surface area contributed by atoms with Crippen LogP contribution in [0.5, 0.6) is 11.5 Å². The fourth-order valence-electron chi connectivity index (χ4n) is 4.01. The maximum absolute atomic E-state index is 15.2. The van der Waals surface area contributed by atoms with Crippen LogP contribution in [0.25, 0.3) is 10.9 Å². The van der Waals surface area contributed by atoms with E-state index in [1.165, 1.54) is 36.1 Å². The molecule has 0 saturated carbocycles. The zero-order valence-corrected chi connectivity index (χ0v) is 21.1. The molecular formula is C24H26F2N6O4S. The molecule has 1 saturated heterocycles. The Morgan fingerprint density at radius 2 is 2.03 bits per heavy atom. The molecule has 0 atom stereocenters. The molecule has 1 aliphatic heterocycles. The van der Waals surface area contributed by atoms with Crippen molar-refractivity contribution in [2.45, 2.75) is 32.0 Å². The van der Waals surface area contributed by atoms with Gasteiger partial charge >= 0.3 is 10.2 Å². The molecule has 0 aliphatic carbocycles. The minimum Gasteiger partial charge on any atom is -0.453 e. The third kappa shape index (κ3) is 5.56. The van der Waals surface area contributed by atoms with Gasteiger partial charge in [-0.3, -0.25) is 14.1 Å². The maximum atomic E-state index is 15.2. The van der Waals surface area contributed by atoms with Crippen molar-refractivity contribution in [2.75, 3.05) is 31.4 Å². The van der Waals surface area contributed by atoms with Gasteiger partial charge in [0.05, 0.1) is 29.5 Å². The molecule has 0 radical (unpaired) electrons. The van der Waals surface area contributed by atoms with E-state index < -0.39 is 33.0 Å². The number of nitrogens with zero attached hydrogens (tertiary/aromatic N) is 4. The Morgan fingerprint density at radius 1 is 1.30 bits per heavy atom. The molecular weight excluding hydrogens is 506 g/mol. The van der Waals surface area contributed by atoms with Gasteiger partial charge in [-0.1, -0.05) is 6.92 Å². The number of hydrogen-bond acceptors (Lipinski definition) is 7. The number of fused-ring (bicyclic) bond motifs is 1. The van der Waals surface area contributed by atoms with Gasteiger partial charge in [0.25, 0.3) is 5.56 Å². The molecule has 1 aromatic heterocycles. The number of benzene rings is 2. The molecule has 0 unspecified atom stereocenters. The molecule has 1 fully saturated rings. The van der Waals surface area contributed by atoms with E-state index in [9.17, 15) is 22.9 Å². The Morgan fingerprint density at radius 3 is 2.70 bits per heavy atom. The predicted molar refractivity (Wildman–Crippen MR) is 134 cm³/mol. The summed E-state index contributed by atoms with van der Waals surface area (Å²) in [6, 6.07) is 8.12. The molecule has 37 heavy (non-hydrogen) atoms. The van der Waals surface area contributed by atoms with Gasteiger partial charge in [0.15, 0.2) is 11.6 Å². The molecule has 10 nitrogen and oxygen atoms in total. The SMILES string of the molecule is CCN(C)S(=O)(=O)Nc1ccc(F)c(Oc2ccc3ncn(CC4(F)CCNCC4)c(=O)c3c2)c1C#N. The molecule has 196 valence electrons. The second-order valence-electron chi connectivity index (χ2n) is 8.79. The van der Waals surface area contributed by atoms with Gasteiger partial charge in [0, 0.05) is 13.6 Å². The molecule has 0 spiro atoms. The second kappa shape index (κ2) is 10.4. The summed E-state index contributed by atoms with van der Waals surface area (Å²) in [5.41, 5.74) is -2.24. The molecule has 0 amide bonds. The summed E-state index contributed by atoms with van der Waals surface area (Å²) in [6.45, 7) is 2.68. The van der Waals surface area contributed by atoms with Crippen molar-refractivity contribution < 1.29 is 21.9 Å². The number of anilines is 1. The number of rotatable bonds is 8. The van der Waals surface area contributed by atoms with Crippen molar-refractivity contribution in [3.05, 3.63) is 58.4 Å². The summed E-state index contributed by atoms with van der Waals surface area (Å²) in [6.07, 6.45) is 1.83. The van der Waals surface area contributed by atoms with Crippen LogP contribution in [0.3, 0.4) is 0 Å². The van der Waals surface area contributed by atoms with Crippen molar-refractivity contribution in [1.29, 1.82) is 5.26 Å². The highest BCUT2D eigenvalue weighted by Gasteiger charge is 2.32. The zero-order valence-electron chi connectivity index (χ0n) is 20.3. The van der Waals surface area contributed by atoms with Crippen LogP contribution in [-0.2, 0) is 16.8 Å². The van der Waals surface area contributed by atoms with Crippen LogP contribution in [0.1, 0.15) is 25.3 Å². The fourth-order valence-corrected chi connectivity index (χ4v) is 4.95. The molecule has 4 rings (SSSR count). The quantitative estimate of drug-likeness (QED) is 0.456. The summed E-state index contributed by atoms with van der Waals surface area (Å²) in [4.78, 5) is 17.4. The van der Waals surface area contributed by atoms with Crippen LogP contribution in [-0.4, -0.2) is 54.6 Å². The average molecular weight is 533 g/mol. The van der Waals surface area contributed by atoms with Crippen LogP contribution >= 0.6 is 0 Å². The first-order chi connectivity index (χ1) is 17.6. The average Bonchev–Trinajstić information content (AvgIpc) is 2.87. The van der Waals surface area contributed by atoms with Gasteiger partial charge in [-0.05, 0) is 56.3 Å². The normalized spacial score (nSPS) is 15.5. The first kappa shape index (κ1) is 26.5. The van der Waals surface area contributed by atoms with Crippen LogP contribution in [0.2, 0.25) is 0 Å². The summed E-state index contributed by atoms with van der Waals surface area (Å²) in [7, 11) is -2.64. The topological polar surface area (TPSA) is 129 Å². The minimum atomic E-state index is -3.99. The summed E-state index contributed by atoms with van der Waals surface area (Å²) >= 11 is 0. The Bertz CT molecular complexity index is 1530. The number of piperidine rings is 1. The van der Waals surface area contributed by atoms with Gasteiger partial charge in [-0.25, -0.2) is 13.8 Å². The largest absolute Gasteiger partial charge is 0.453 e. The smallest absolute Gasteiger partial charge is 0.301 e. The van der Waals surface area contributed by atoms with Crippen LogP contribution in [0, 0.1) is 17.1 Å². The van der Waals surface area contributed by atoms with Crippen molar-refractivity contribution >= 4 is 26.8 Å². The van der Waals surface area contributed by atoms with Crippen molar-refractivity contribution in [3.8, 4) is 17.6 Å². The maximum Gasteiger partial charge on any atom is 0.301 e. The minimum absolute atomic E-state index is 0.0158. The van der Waals surface area contributed by atoms with Gasteiger partial charge < -0.3 is 10.1 Å². The van der Waals surface area contributed by atoms with E-state index in [0.29, 0.717) is 18.6 Å². The highest BCUT2D eigenvalue weighted by atomic mass is 32.2. The Kier molecular flexibility index (Phi) is 7.44. The van der Waals surface area contributed by atoms with E-state index in [1.807, 2.05) is 0 Å². The number of ether oxygens (including phenoxy) is 1. The van der Waals surface area contributed by atoms with Crippen LogP contribution in [0.15, 0.2) is 41.5 Å². The van der Waals surface area contributed by atoms with Crippen LogP contribution in [0.4, 0.5) is 14.5 Å². The standard InChI is InChI=1S/C24H26F2N6O4S/c1-3-31(2)37(34,35)30-21-7-5-19(25)22(18(21)13-27)36-16-4-6-20-17(12-16)23(33)32(15-29-20)14-24(26)8-10-28-11-9-24/h4-7,12,15,28,30H,3,8-11,14H2,1-2H3. The Hall–Kier alpha value is -3.60. The number of halogens is 2. The fraction of sp³-hybridized carbons (Fsp3) is 0.375. The first-order valence-electron chi connectivity index (χ1n) is 11.6. The summed E-state index contributed by atoms with van der Waals surface area (Å²) < 4.78 is 64.9. The molecule has 2 aromatic carbocycles. The van der Waals surface area contributed by atoms with E-state index in [4.69, 9.17) is 4.74 Å². The van der Waals surface area contributed by atoms with E-state index in [1.54, 1.807) is 13.0 Å². The van der Waals surface area contributed by atoms with E-state index in [0.717, 1.165) is 16.4 Å². The lowest BCUT2D eigenvalue weighted by molar-refractivity contribution is 0.0925.